The molecule has 0 spiro atoms. The summed E-state index contributed by atoms with van der Waals surface area (Å²) in [4.78, 5) is 9.43. The molecule has 0 aliphatic carbocycles. The molecule has 0 bridgehead atoms. The summed E-state index contributed by atoms with van der Waals surface area (Å²) in [6.07, 6.45) is 4.22. The first-order valence-electron chi connectivity index (χ1n) is 8.33. The Hall–Kier alpha value is -2.33. The van der Waals surface area contributed by atoms with Gasteiger partial charge in [0.15, 0.2) is 10.8 Å². The quantitative estimate of drug-likeness (QED) is 0.358. The maximum absolute atomic E-state index is 4.83. The first-order chi connectivity index (χ1) is 11.9. The van der Waals surface area contributed by atoms with Crippen LogP contribution in [0.2, 0.25) is 0 Å². The Balaban J connectivity index is 1.95. The lowest BCUT2D eigenvalue weighted by atomic mass is 10.1. The van der Waals surface area contributed by atoms with Gasteiger partial charge in [0.25, 0.3) is 0 Å². The van der Waals surface area contributed by atoms with Gasteiger partial charge in [-0.3, -0.25) is 4.57 Å². The second-order valence-electron chi connectivity index (χ2n) is 5.78. The summed E-state index contributed by atoms with van der Waals surface area (Å²) >= 11 is 1.81. The zero-order chi connectivity index (χ0) is 16.4. The van der Waals surface area contributed by atoms with Crippen molar-refractivity contribution in [2.45, 2.75) is 24.9 Å². The van der Waals surface area contributed by atoms with Gasteiger partial charge in [-0.15, -0.1) is 0 Å². The SMILES string of the molecule is CCCCSc1nc2cccnc2n1-c1cccc2ccccc12. The standard InChI is InChI=1S/C20H19N3S/c1-2-3-14-24-20-22-17-11-7-13-21-19(17)23(20)18-12-6-9-15-8-4-5-10-16(15)18/h4-13H,2-3,14H2,1H3. The number of fused-ring (bicyclic) bond motifs is 2. The topological polar surface area (TPSA) is 30.7 Å². The molecular weight excluding hydrogens is 314 g/mol. The summed E-state index contributed by atoms with van der Waals surface area (Å²) in [5.41, 5.74) is 3.02. The predicted molar refractivity (Wildman–Crippen MR) is 102 cm³/mol. The summed E-state index contributed by atoms with van der Waals surface area (Å²) in [6.45, 7) is 2.22. The van der Waals surface area contributed by atoms with Crippen molar-refractivity contribution in [1.29, 1.82) is 0 Å². The van der Waals surface area contributed by atoms with E-state index in [1.807, 2.05) is 30.1 Å². The van der Waals surface area contributed by atoms with Gasteiger partial charge in [0.1, 0.15) is 5.52 Å². The highest BCUT2D eigenvalue weighted by atomic mass is 32.2. The molecule has 0 radical (unpaired) electrons. The van der Waals surface area contributed by atoms with E-state index in [1.165, 1.54) is 23.6 Å². The third-order valence-electron chi connectivity index (χ3n) is 4.12. The Morgan fingerprint density at radius 2 is 1.88 bits per heavy atom. The Kier molecular flexibility index (Phi) is 4.22. The third kappa shape index (κ3) is 2.67. The van der Waals surface area contributed by atoms with Crippen LogP contribution in [0, 0.1) is 0 Å². The zero-order valence-electron chi connectivity index (χ0n) is 13.6. The number of pyridine rings is 1. The van der Waals surface area contributed by atoms with Crippen molar-refractivity contribution in [1.82, 2.24) is 14.5 Å². The number of hydrogen-bond acceptors (Lipinski definition) is 3. The number of benzene rings is 2. The molecule has 0 amide bonds. The summed E-state index contributed by atoms with van der Waals surface area (Å²) in [6, 6.07) is 18.9. The van der Waals surface area contributed by atoms with Crippen LogP contribution >= 0.6 is 11.8 Å². The molecule has 24 heavy (non-hydrogen) atoms. The molecule has 0 atom stereocenters. The van der Waals surface area contributed by atoms with E-state index in [0.717, 1.165) is 27.8 Å². The fourth-order valence-corrected chi connectivity index (χ4v) is 4.01. The van der Waals surface area contributed by atoms with Crippen molar-refractivity contribution in [3.63, 3.8) is 0 Å². The molecule has 0 unspecified atom stereocenters. The maximum atomic E-state index is 4.83. The molecular formula is C20H19N3S. The Morgan fingerprint density at radius 3 is 2.79 bits per heavy atom. The molecule has 4 rings (SSSR count). The monoisotopic (exact) mass is 333 g/mol. The first kappa shape index (κ1) is 15.2. The van der Waals surface area contributed by atoms with Gasteiger partial charge in [0.2, 0.25) is 0 Å². The van der Waals surface area contributed by atoms with Crippen molar-refractivity contribution in [3.05, 3.63) is 60.8 Å². The lowest BCUT2D eigenvalue weighted by molar-refractivity contribution is 0.879. The summed E-state index contributed by atoms with van der Waals surface area (Å²) in [5, 5.41) is 3.48. The fourth-order valence-electron chi connectivity index (χ4n) is 2.92. The molecule has 2 aromatic heterocycles. The van der Waals surface area contributed by atoms with Gasteiger partial charge in [0, 0.05) is 17.3 Å². The van der Waals surface area contributed by atoms with Crippen LogP contribution in [0.4, 0.5) is 0 Å². The van der Waals surface area contributed by atoms with Crippen LogP contribution in [0.1, 0.15) is 19.8 Å². The van der Waals surface area contributed by atoms with Crippen LogP contribution < -0.4 is 0 Å². The van der Waals surface area contributed by atoms with E-state index in [4.69, 9.17) is 4.98 Å². The van der Waals surface area contributed by atoms with Crippen molar-refractivity contribution >= 4 is 33.7 Å². The molecule has 0 aliphatic heterocycles. The van der Waals surface area contributed by atoms with Crippen molar-refractivity contribution in [2.24, 2.45) is 0 Å². The van der Waals surface area contributed by atoms with Gasteiger partial charge in [-0.05, 0) is 30.0 Å². The molecule has 2 heterocycles. The Morgan fingerprint density at radius 1 is 1.00 bits per heavy atom. The highest BCUT2D eigenvalue weighted by molar-refractivity contribution is 7.99. The molecule has 0 saturated heterocycles. The minimum Gasteiger partial charge on any atom is -0.271 e. The molecule has 0 saturated carbocycles. The van der Waals surface area contributed by atoms with Gasteiger partial charge < -0.3 is 0 Å². The van der Waals surface area contributed by atoms with E-state index in [-0.39, 0.29) is 0 Å². The smallest absolute Gasteiger partial charge is 0.174 e. The van der Waals surface area contributed by atoms with Gasteiger partial charge in [-0.1, -0.05) is 61.5 Å². The van der Waals surface area contributed by atoms with Gasteiger partial charge >= 0.3 is 0 Å². The fraction of sp³-hybridized carbons (Fsp3) is 0.200. The summed E-state index contributed by atoms with van der Waals surface area (Å²) in [5.74, 6) is 1.07. The molecule has 120 valence electrons. The minimum absolute atomic E-state index is 0.924. The van der Waals surface area contributed by atoms with E-state index in [0.29, 0.717) is 0 Å². The largest absolute Gasteiger partial charge is 0.271 e. The van der Waals surface area contributed by atoms with E-state index in [2.05, 4.69) is 58.9 Å². The Bertz CT molecular complexity index is 985. The van der Waals surface area contributed by atoms with Gasteiger partial charge in [0.05, 0.1) is 5.69 Å². The number of nitrogens with zero attached hydrogens (tertiary/aromatic N) is 3. The summed E-state index contributed by atoms with van der Waals surface area (Å²) < 4.78 is 2.21. The van der Waals surface area contributed by atoms with Crippen LogP contribution in [-0.4, -0.2) is 20.3 Å². The second-order valence-corrected chi connectivity index (χ2v) is 6.84. The van der Waals surface area contributed by atoms with Crippen LogP contribution in [0.25, 0.3) is 27.6 Å². The van der Waals surface area contributed by atoms with Crippen LogP contribution in [0.3, 0.4) is 0 Å². The second kappa shape index (κ2) is 6.65. The van der Waals surface area contributed by atoms with Gasteiger partial charge in [-0.25, -0.2) is 9.97 Å². The number of aromatic nitrogens is 3. The normalized spacial score (nSPS) is 11.4. The van der Waals surface area contributed by atoms with Crippen molar-refractivity contribution < 1.29 is 0 Å². The van der Waals surface area contributed by atoms with E-state index in [1.54, 1.807) is 0 Å². The molecule has 0 N–H and O–H groups in total. The minimum atomic E-state index is 0.924. The zero-order valence-corrected chi connectivity index (χ0v) is 14.5. The highest BCUT2D eigenvalue weighted by Crippen LogP contribution is 2.31. The first-order valence-corrected chi connectivity index (χ1v) is 9.31. The molecule has 4 heteroatoms. The summed E-state index contributed by atoms with van der Waals surface area (Å²) in [7, 11) is 0. The van der Waals surface area contributed by atoms with Crippen LogP contribution in [-0.2, 0) is 0 Å². The highest BCUT2D eigenvalue weighted by Gasteiger charge is 2.15. The molecule has 0 fully saturated rings. The van der Waals surface area contributed by atoms with Gasteiger partial charge in [-0.2, -0.15) is 0 Å². The van der Waals surface area contributed by atoms with Crippen molar-refractivity contribution in [3.8, 4) is 5.69 Å². The lowest BCUT2D eigenvalue weighted by Gasteiger charge is -2.11. The van der Waals surface area contributed by atoms with E-state index < -0.39 is 0 Å². The number of hydrogen-bond donors (Lipinski definition) is 0. The maximum Gasteiger partial charge on any atom is 0.174 e. The average molecular weight is 333 g/mol. The molecule has 0 aliphatic rings. The van der Waals surface area contributed by atoms with E-state index in [9.17, 15) is 0 Å². The molecule has 3 nitrogen and oxygen atoms in total. The Labute approximate surface area is 145 Å². The molecule has 2 aromatic carbocycles. The number of unbranched alkanes of at least 4 members (excludes halogenated alkanes) is 1. The van der Waals surface area contributed by atoms with E-state index >= 15 is 0 Å². The number of rotatable bonds is 5. The number of imidazole rings is 1. The third-order valence-corrected chi connectivity index (χ3v) is 5.15. The van der Waals surface area contributed by atoms with Crippen molar-refractivity contribution in [2.75, 3.05) is 5.75 Å². The van der Waals surface area contributed by atoms with Crippen LogP contribution in [0.15, 0.2) is 66.0 Å². The molecule has 4 aromatic rings. The predicted octanol–water partition coefficient (Wildman–Crippen LogP) is 5.47. The average Bonchev–Trinajstić information content (AvgIpc) is 2.99. The number of thioether (sulfide) groups is 1. The lowest BCUT2D eigenvalue weighted by Crippen LogP contribution is -1.99. The van der Waals surface area contributed by atoms with Crippen LogP contribution in [0.5, 0.6) is 0 Å².